The molecule has 0 radical (unpaired) electrons. The molecule has 1 N–H and O–H groups in total. The molecule has 1 aliphatic rings. The van der Waals surface area contributed by atoms with Gasteiger partial charge in [0, 0.05) is 13.1 Å². The number of hydrogen-bond acceptors (Lipinski definition) is 5. The molecule has 2 heterocycles. The first-order chi connectivity index (χ1) is 10.7. The van der Waals surface area contributed by atoms with E-state index in [1.54, 1.807) is 22.4 Å². The Hall–Kier alpha value is -1.89. The molecule has 0 aliphatic carbocycles. The third kappa shape index (κ3) is 5.14. The number of likely N-dealkylation sites (tertiary alicyclic amines) is 1. The molecular weight excluding hydrogens is 304 g/mol. The van der Waals surface area contributed by atoms with Crippen molar-refractivity contribution >= 4 is 29.1 Å². The second-order valence-electron chi connectivity index (χ2n) is 5.12. The van der Waals surface area contributed by atoms with Crippen molar-refractivity contribution in [2.45, 2.75) is 25.7 Å². The summed E-state index contributed by atoms with van der Waals surface area (Å²) in [6.07, 6.45) is 4.27. The first-order valence-corrected chi connectivity index (χ1v) is 8.30. The molecule has 1 saturated heterocycles. The van der Waals surface area contributed by atoms with Crippen molar-refractivity contribution in [1.29, 1.82) is 0 Å². The molecule has 2 rings (SSSR count). The van der Waals surface area contributed by atoms with Gasteiger partial charge in [-0.2, -0.15) is 0 Å². The lowest BCUT2D eigenvalue weighted by molar-refractivity contribution is -0.151. The predicted molar refractivity (Wildman–Crippen MR) is 82.7 cm³/mol. The topological polar surface area (TPSA) is 75.7 Å². The van der Waals surface area contributed by atoms with Gasteiger partial charge in [-0.05, 0) is 24.3 Å². The first kappa shape index (κ1) is 16.5. The second kappa shape index (κ2) is 8.53. The number of nitrogens with one attached hydrogen (secondary N) is 1. The van der Waals surface area contributed by atoms with Gasteiger partial charge in [0.1, 0.15) is 6.54 Å². The molecule has 1 aliphatic heterocycles. The summed E-state index contributed by atoms with van der Waals surface area (Å²) in [5, 5.41) is 4.25. The summed E-state index contributed by atoms with van der Waals surface area (Å²) in [7, 11) is 0. The Morgan fingerprint density at radius 1 is 1.18 bits per heavy atom. The fourth-order valence-corrected chi connectivity index (χ4v) is 2.89. The van der Waals surface area contributed by atoms with Crippen molar-refractivity contribution < 1.29 is 19.1 Å². The minimum Gasteiger partial charge on any atom is -0.454 e. The van der Waals surface area contributed by atoms with Crippen molar-refractivity contribution in [3.05, 3.63) is 22.4 Å². The van der Waals surface area contributed by atoms with E-state index in [0.717, 1.165) is 38.8 Å². The van der Waals surface area contributed by atoms with Gasteiger partial charge in [-0.1, -0.05) is 18.9 Å². The number of esters is 1. The summed E-state index contributed by atoms with van der Waals surface area (Å²) in [5.41, 5.74) is 0. The largest absolute Gasteiger partial charge is 0.454 e. The van der Waals surface area contributed by atoms with Crippen LogP contribution in [0.25, 0.3) is 0 Å². The van der Waals surface area contributed by atoms with Crippen LogP contribution in [0.5, 0.6) is 0 Å². The zero-order valence-electron chi connectivity index (χ0n) is 12.4. The number of hydrogen-bond donors (Lipinski definition) is 1. The number of amides is 2. The molecule has 0 unspecified atom stereocenters. The molecule has 120 valence electrons. The molecule has 0 saturated carbocycles. The SMILES string of the molecule is O=C(CNC(=O)c1cccs1)OCC(=O)N1CCCCCC1. The minimum absolute atomic E-state index is 0.167. The maximum absolute atomic E-state index is 11.9. The van der Waals surface area contributed by atoms with Gasteiger partial charge in [0.2, 0.25) is 0 Å². The number of carbonyl (C=O) groups is 3. The van der Waals surface area contributed by atoms with Gasteiger partial charge >= 0.3 is 5.97 Å². The quantitative estimate of drug-likeness (QED) is 0.831. The Balaban J connectivity index is 1.66. The monoisotopic (exact) mass is 324 g/mol. The summed E-state index contributed by atoms with van der Waals surface area (Å²) < 4.78 is 4.92. The molecule has 6 nitrogen and oxygen atoms in total. The molecule has 0 bridgehead atoms. The van der Waals surface area contributed by atoms with Crippen LogP contribution in [0.4, 0.5) is 0 Å². The van der Waals surface area contributed by atoms with E-state index in [1.807, 2.05) is 0 Å². The zero-order valence-corrected chi connectivity index (χ0v) is 13.2. The van der Waals surface area contributed by atoms with E-state index in [0.29, 0.717) is 4.88 Å². The second-order valence-corrected chi connectivity index (χ2v) is 6.06. The Labute approximate surface area is 133 Å². The highest BCUT2D eigenvalue weighted by Crippen LogP contribution is 2.10. The van der Waals surface area contributed by atoms with Gasteiger partial charge in [-0.3, -0.25) is 14.4 Å². The van der Waals surface area contributed by atoms with Gasteiger partial charge in [-0.15, -0.1) is 11.3 Å². The lowest BCUT2D eigenvalue weighted by Crippen LogP contribution is -2.37. The van der Waals surface area contributed by atoms with Gasteiger partial charge in [0.05, 0.1) is 4.88 Å². The number of ether oxygens (including phenoxy) is 1. The summed E-state index contributed by atoms with van der Waals surface area (Å²) >= 11 is 1.30. The molecular formula is C15H20N2O4S. The summed E-state index contributed by atoms with van der Waals surface area (Å²) in [5.74, 6) is -1.08. The van der Waals surface area contributed by atoms with Crippen molar-refractivity contribution in [3.8, 4) is 0 Å². The standard InChI is InChI=1S/C15H20N2O4S/c18-13(17-7-3-1-2-4-8-17)11-21-14(19)10-16-15(20)12-6-5-9-22-12/h5-6,9H,1-4,7-8,10-11H2,(H,16,20). The zero-order chi connectivity index (χ0) is 15.8. The lowest BCUT2D eigenvalue weighted by atomic mass is 10.2. The highest BCUT2D eigenvalue weighted by atomic mass is 32.1. The molecule has 1 aromatic rings. The van der Waals surface area contributed by atoms with E-state index < -0.39 is 5.97 Å². The van der Waals surface area contributed by atoms with E-state index in [2.05, 4.69) is 5.32 Å². The van der Waals surface area contributed by atoms with Crippen molar-refractivity contribution in [1.82, 2.24) is 10.2 Å². The average Bonchev–Trinajstić information content (AvgIpc) is 2.92. The van der Waals surface area contributed by atoms with Crippen molar-refractivity contribution in [3.63, 3.8) is 0 Å². The normalized spacial score (nSPS) is 15.0. The van der Waals surface area contributed by atoms with Gasteiger partial charge in [0.25, 0.3) is 11.8 Å². The maximum atomic E-state index is 11.9. The van der Waals surface area contributed by atoms with Crippen LogP contribution in [0.3, 0.4) is 0 Å². The molecule has 0 aromatic carbocycles. The van der Waals surface area contributed by atoms with E-state index in [4.69, 9.17) is 4.74 Å². The smallest absolute Gasteiger partial charge is 0.325 e. The summed E-state index contributed by atoms with van der Waals surface area (Å²) in [6.45, 7) is 0.967. The van der Waals surface area contributed by atoms with Crippen LogP contribution >= 0.6 is 11.3 Å². The van der Waals surface area contributed by atoms with E-state index in [9.17, 15) is 14.4 Å². The van der Waals surface area contributed by atoms with Crippen LogP contribution in [0.15, 0.2) is 17.5 Å². The molecule has 7 heteroatoms. The Morgan fingerprint density at radius 2 is 1.91 bits per heavy atom. The molecule has 0 spiro atoms. The number of thiophene rings is 1. The molecule has 2 amide bonds. The highest BCUT2D eigenvalue weighted by molar-refractivity contribution is 7.12. The molecule has 0 atom stereocenters. The molecule has 1 aromatic heterocycles. The Morgan fingerprint density at radius 3 is 2.55 bits per heavy atom. The van der Waals surface area contributed by atoms with E-state index >= 15 is 0 Å². The number of nitrogens with zero attached hydrogens (tertiary/aromatic N) is 1. The van der Waals surface area contributed by atoms with Crippen LogP contribution in [0.1, 0.15) is 35.4 Å². The Kier molecular flexibility index (Phi) is 6.39. The van der Waals surface area contributed by atoms with E-state index in [-0.39, 0.29) is 25.0 Å². The van der Waals surface area contributed by atoms with Gasteiger partial charge in [-0.25, -0.2) is 0 Å². The maximum Gasteiger partial charge on any atom is 0.325 e. The molecule has 22 heavy (non-hydrogen) atoms. The fraction of sp³-hybridized carbons (Fsp3) is 0.533. The third-order valence-electron chi connectivity index (χ3n) is 3.45. The third-order valence-corrected chi connectivity index (χ3v) is 4.32. The fourth-order valence-electron chi connectivity index (χ4n) is 2.25. The van der Waals surface area contributed by atoms with Gasteiger partial charge < -0.3 is 15.0 Å². The van der Waals surface area contributed by atoms with Crippen LogP contribution in [0.2, 0.25) is 0 Å². The summed E-state index contributed by atoms with van der Waals surface area (Å²) in [6, 6.07) is 3.44. The van der Waals surface area contributed by atoms with Crippen LogP contribution in [-0.4, -0.2) is 48.9 Å². The number of carbonyl (C=O) groups excluding carboxylic acids is 3. The summed E-state index contributed by atoms with van der Waals surface area (Å²) in [4.78, 5) is 37.4. The highest BCUT2D eigenvalue weighted by Gasteiger charge is 2.17. The van der Waals surface area contributed by atoms with Gasteiger partial charge in [0.15, 0.2) is 6.61 Å². The predicted octanol–water partition coefficient (Wildman–Crippen LogP) is 1.42. The molecule has 1 fully saturated rings. The van der Waals surface area contributed by atoms with Crippen molar-refractivity contribution in [2.24, 2.45) is 0 Å². The van der Waals surface area contributed by atoms with Crippen LogP contribution < -0.4 is 5.32 Å². The average molecular weight is 324 g/mol. The van der Waals surface area contributed by atoms with E-state index in [1.165, 1.54) is 11.3 Å². The van der Waals surface area contributed by atoms with Crippen LogP contribution in [-0.2, 0) is 14.3 Å². The Bertz CT molecular complexity index is 508. The van der Waals surface area contributed by atoms with Crippen LogP contribution in [0, 0.1) is 0 Å². The number of rotatable bonds is 5. The lowest BCUT2D eigenvalue weighted by Gasteiger charge is -2.19. The minimum atomic E-state index is -0.604. The van der Waals surface area contributed by atoms with Crippen molar-refractivity contribution in [2.75, 3.05) is 26.2 Å². The first-order valence-electron chi connectivity index (χ1n) is 7.42.